The molecule has 1 aromatic rings. The lowest BCUT2D eigenvalue weighted by atomic mass is 9.99. The number of rotatable bonds is 11. The summed E-state index contributed by atoms with van der Waals surface area (Å²) in [5.41, 5.74) is 1.22. The smallest absolute Gasteiger partial charge is 0.123 e. The lowest BCUT2D eigenvalue weighted by Crippen LogP contribution is -2.27. The van der Waals surface area contributed by atoms with E-state index in [1.165, 1.54) is 56.9 Å². The monoisotopic (exact) mass is 279 g/mol. The standard InChI is InChI=1S/C18H30FN/c1-3-4-5-6-7-8-9-10-18(20-2)15-16-11-13-17(19)14-12-16/h11-14,18,20H,3-10,15H2,1-2H3. The van der Waals surface area contributed by atoms with Gasteiger partial charge in [-0.25, -0.2) is 4.39 Å². The van der Waals surface area contributed by atoms with Crippen molar-refractivity contribution in [2.45, 2.75) is 70.8 Å². The molecule has 0 heterocycles. The van der Waals surface area contributed by atoms with E-state index in [2.05, 4.69) is 12.2 Å². The predicted molar refractivity (Wildman–Crippen MR) is 85.6 cm³/mol. The molecule has 1 unspecified atom stereocenters. The van der Waals surface area contributed by atoms with Crippen LogP contribution in [0.4, 0.5) is 4.39 Å². The zero-order valence-electron chi connectivity index (χ0n) is 13.1. The van der Waals surface area contributed by atoms with Gasteiger partial charge < -0.3 is 5.32 Å². The van der Waals surface area contributed by atoms with Gasteiger partial charge in [0.15, 0.2) is 0 Å². The molecule has 1 rings (SSSR count). The molecule has 0 amide bonds. The summed E-state index contributed by atoms with van der Waals surface area (Å²) in [5, 5.41) is 3.38. The Labute approximate surface area is 124 Å². The van der Waals surface area contributed by atoms with E-state index in [0.29, 0.717) is 6.04 Å². The molecule has 0 spiro atoms. The van der Waals surface area contributed by atoms with Crippen molar-refractivity contribution < 1.29 is 4.39 Å². The van der Waals surface area contributed by atoms with Gasteiger partial charge in [0.1, 0.15) is 5.82 Å². The molecule has 0 aliphatic rings. The molecule has 0 bridgehead atoms. The summed E-state index contributed by atoms with van der Waals surface area (Å²) < 4.78 is 12.9. The second-order valence-electron chi connectivity index (χ2n) is 5.73. The van der Waals surface area contributed by atoms with Crippen LogP contribution >= 0.6 is 0 Å². The van der Waals surface area contributed by atoms with Gasteiger partial charge in [0, 0.05) is 6.04 Å². The summed E-state index contributed by atoms with van der Waals surface area (Å²) in [4.78, 5) is 0. The van der Waals surface area contributed by atoms with Crippen LogP contribution in [0.1, 0.15) is 63.9 Å². The van der Waals surface area contributed by atoms with Crippen LogP contribution in [0.5, 0.6) is 0 Å². The number of hydrogen-bond acceptors (Lipinski definition) is 1. The number of nitrogens with one attached hydrogen (secondary N) is 1. The fourth-order valence-corrected chi connectivity index (χ4v) is 2.60. The minimum absolute atomic E-state index is 0.151. The molecule has 0 aromatic heterocycles. The van der Waals surface area contributed by atoms with Crippen LogP contribution < -0.4 is 5.32 Å². The number of halogens is 1. The van der Waals surface area contributed by atoms with Crippen molar-refractivity contribution in [3.63, 3.8) is 0 Å². The van der Waals surface area contributed by atoms with Crippen molar-refractivity contribution in [2.24, 2.45) is 0 Å². The van der Waals surface area contributed by atoms with Gasteiger partial charge in [-0.1, -0.05) is 64.0 Å². The van der Waals surface area contributed by atoms with Crippen molar-refractivity contribution in [1.29, 1.82) is 0 Å². The first kappa shape index (κ1) is 17.2. The van der Waals surface area contributed by atoms with E-state index in [0.717, 1.165) is 6.42 Å². The second kappa shape index (κ2) is 10.8. The van der Waals surface area contributed by atoms with E-state index in [1.807, 2.05) is 19.2 Å². The van der Waals surface area contributed by atoms with Crippen LogP contribution in [-0.4, -0.2) is 13.1 Å². The Hall–Kier alpha value is -0.890. The fraction of sp³-hybridized carbons (Fsp3) is 0.667. The van der Waals surface area contributed by atoms with Crippen LogP contribution in [-0.2, 0) is 6.42 Å². The highest BCUT2D eigenvalue weighted by Gasteiger charge is 2.07. The van der Waals surface area contributed by atoms with Crippen molar-refractivity contribution >= 4 is 0 Å². The molecule has 0 aliphatic heterocycles. The van der Waals surface area contributed by atoms with Crippen molar-refractivity contribution in [3.05, 3.63) is 35.6 Å². The van der Waals surface area contributed by atoms with Gasteiger partial charge in [-0.3, -0.25) is 0 Å². The van der Waals surface area contributed by atoms with Gasteiger partial charge >= 0.3 is 0 Å². The van der Waals surface area contributed by atoms with Gasteiger partial charge in [0.25, 0.3) is 0 Å². The molecule has 0 aliphatic carbocycles. The third kappa shape index (κ3) is 7.64. The average Bonchev–Trinajstić information content (AvgIpc) is 2.47. The van der Waals surface area contributed by atoms with Gasteiger partial charge in [-0.15, -0.1) is 0 Å². The van der Waals surface area contributed by atoms with Gasteiger partial charge in [-0.2, -0.15) is 0 Å². The topological polar surface area (TPSA) is 12.0 Å². The summed E-state index contributed by atoms with van der Waals surface area (Å²) >= 11 is 0. The Morgan fingerprint density at radius 2 is 1.55 bits per heavy atom. The number of likely N-dealkylation sites (N-methyl/N-ethyl adjacent to an activating group) is 1. The largest absolute Gasteiger partial charge is 0.317 e. The Kier molecular flexibility index (Phi) is 9.31. The minimum atomic E-state index is -0.151. The lowest BCUT2D eigenvalue weighted by Gasteiger charge is -2.16. The molecule has 0 radical (unpaired) electrons. The van der Waals surface area contributed by atoms with Gasteiger partial charge in [-0.05, 0) is 37.6 Å². The van der Waals surface area contributed by atoms with Crippen LogP contribution in [0.25, 0.3) is 0 Å². The molecule has 0 saturated heterocycles. The summed E-state index contributed by atoms with van der Waals surface area (Å²) in [5.74, 6) is -0.151. The maximum Gasteiger partial charge on any atom is 0.123 e. The maximum atomic E-state index is 12.9. The van der Waals surface area contributed by atoms with Gasteiger partial charge in [0.2, 0.25) is 0 Å². The Morgan fingerprint density at radius 1 is 0.950 bits per heavy atom. The molecule has 1 atom stereocenters. The van der Waals surface area contributed by atoms with E-state index >= 15 is 0 Å². The van der Waals surface area contributed by atoms with Crippen molar-refractivity contribution in [3.8, 4) is 0 Å². The van der Waals surface area contributed by atoms with Gasteiger partial charge in [0.05, 0.1) is 0 Å². The fourth-order valence-electron chi connectivity index (χ4n) is 2.60. The normalized spacial score (nSPS) is 12.6. The predicted octanol–water partition coefficient (Wildman–Crippen LogP) is 5.10. The Balaban J connectivity index is 2.14. The molecule has 2 heteroatoms. The highest BCUT2D eigenvalue weighted by molar-refractivity contribution is 5.17. The molecule has 1 aromatic carbocycles. The first-order valence-electron chi connectivity index (χ1n) is 8.18. The molecule has 20 heavy (non-hydrogen) atoms. The van der Waals surface area contributed by atoms with Crippen molar-refractivity contribution in [1.82, 2.24) is 5.32 Å². The highest BCUT2D eigenvalue weighted by Crippen LogP contribution is 2.13. The number of hydrogen-bond donors (Lipinski definition) is 1. The number of unbranched alkanes of at least 4 members (excludes halogenated alkanes) is 6. The third-order valence-corrected chi connectivity index (χ3v) is 3.96. The first-order valence-corrected chi connectivity index (χ1v) is 8.18. The van der Waals surface area contributed by atoms with Crippen LogP contribution in [0.15, 0.2) is 24.3 Å². The molecule has 0 fully saturated rings. The Bertz CT molecular complexity index is 334. The van der Waals surface area contributed by atoms with E-state index in [1.54, 1.807) is 12.1 Å². The quantitative estimate of drug-likeness (QED) is 0.556. The third-order valence-electron chi connectivity index (χ3n) is 3.96. The van der Waals surface area contributed by atoms with Crippen LogP contribution in [0, 0.1) is 5.82 Å². The summed E-state index contributed by atoms with van der Waals surface area (Å²) in [6.45, 7) is 2.26. The summed E-state index contributed by atoms with van der Waals surface area (Å²) in [6, 6.07) is 7.40. The molecular formula is C18H30FN. The zero-order chi connectivity index (χ0) is 14.6. The van der Waals surface area contributed by atoms with E-state index in [4.69, 9.17) is 0 Å². The Morgan fingerprint density at radius 3 is 2.15 bits per heavy atom. The number of benzene rings is 1. The zero-order valence-corrected chi connectivity index (χ0v) is 13.1. The van der Waals surface area contributed by atoms with E-state index in [-0.39, 0.29) is 5.82 Å². The summed E-state index contributed by atoms with van der Waals surface area (Å²) in [7, 11) is 2.02. The van der Waals surface area contributed by atoms with E-state index in [9.17, 15) is 4.39 Å². The first-order chi connectivity index (χ1) is 9.76. The molecular weight excluding hydrogens is 249 g/mol. The van der Waals surface area contributed by atoms with Crippen LogP contribution in [0.3, 0.4) is 0 Å². The SMILES string of the molecule is CCCCCCCCCC(Cc1ccc(F)cc1)NC. The lowest BCUT2D eigenvalue weighted by molar-refractivity contribution is 0.478. The molecule has 0 saturated carbocycles. The molecule has 114 valence electrons. The van der Waals surface area contributed by atoms with E-state index < -0.39 is 0 Å². The highest BCUT2D eigenvalue weighted by atomic mass is 19.1. The van der Waals surface area contributed by atoms with Crippen molar-refractivity contribution in [2.75, 3.05) is 7.05 Å². The molecule has 1 N–H and O–H groups in total. The molecule has 1 nitrogen and oxygen atoms in total. The summed E-state index contributed by atoms with van der Waals surface area (Å²) in [6.07, 6.45) is 11.7. The second-order valence-corrected chi connectivity index (χ2v) is 5.73. The maximum absolute atomic E-state index is 12.9. The van der Waals surface area contributed by atoms with Crippen LogP contribution in [0.2, 0.25) is 0 Å². The minimum Gasteiger partial charge on any atom is -0.317 e. The average molecular weight is 279 g/mol.